The van der Waals surface area contributed by atoms with Crippen molar-refractivity contribution in [3.05, 3.63) is 58.4 Å². The van der Waals surface area contributed by atoms with Crippen molar-refractivity contribution >= 4 is 17.6 Å². The molecule has 10 heteroatoms. The summed E-state index contributed by atoms with van der Waals surface area (Å²) in [6.45, 7) is 5.45. The summed E-state index contributed by atoms with van der Waals surface area (Å²) < 4.78 is 0. The van der Waals surface area contributed by atoms with Gasteiger partial charge in [-0.1, -0.05) is 29.4 Å². The minimum Gasteiger partial charge on any atom is -0.367 e. The number of nitroso groups, excluding NO2 is 1. The summed E-state index contributed by atoms with van der Waals surface area (Å²) in [5.74, 6) is 0.756. The first-order valence-electron chi connectivity index (χ1n) is 13.2. The number of nitrogens with one attached hydrogen (secondary N) is 2. The molecule has 1 aliphatic carbocycles. The molecule has 2 aliphatic heterocycles. The molecule has 3 heterocycles. The van der Waals surface area contributed by atoms with Gasteiger partial charge in [0.05, 0.1) is 0 Å². The van der Waals surface area contributed by atoms with E-state index in [1.54, 1.807) is 13.0 Å². The molecular weight excluding hydrogens is 470 g/mol. The van der Waals surface area contributed by atoms with Crippen LogP contribution in [0.5, 0.6) is 0 Å². The first-order valence-corrected chi connectivity index (χ1v) is 13.2. The van der Waals surface area contributed by atoms with Crippen LogP contribution in [0, 0.1) is 10.8 Å². The monoisotopic (exact) mass is 505 g/mol. The third-order valence-corrected chi connectivity index (χ3v) is 7.61. The van der Waals surface area contributed by atoms with Gasteiger partial charge < -0.3 is 15.5 Å². The van der Waals surface area contributed by atoms with Gasteiger partial charge in [0, 0.05) is 57.3 Å². The topological polar surface area (TPSA) is 120 Å². The lowest BCUT2D eigenvalue weighted by atomic mass is 9.97. The number of carbonyl (C=O) groups is 2. The molecule has 5 rings (SSSR count). The first kappa shape index (κ1) is 25.3. The highest BCUT2D eigenvalue weighted by Gasteiger charge is 2.35. The van der Waals surface area contributed by atoms with Crippen molar-refractivity contribution in [3.8, 4) is 0 Å². The van der Waals surface area contributed by atoms with Gasteiger partial charge >= 0.3 is 0 Å². The van der Waals surface area contributed by atoms with E-state index in [-0.39, 0.29) is 30.1 Å². The molecule has 2 fully saturated rings. The highest BCUT2D eigenvalue weighted by molar-refractivity contribution is 5.92. The number of aromatic nitrogens is 2. The third kappa shape index (κ3) is 6.30. The molecule has 10 nitrogen and oxygen atoms in total. The van der Waals surface area contributed by atoms with Gasteiger partial charge in [0.1, 0.15) is 23.4 Å². The highest BCUT2D eigenvalue weighted by atomic mass is 16.3. The summed E-state index contributed by atoms with van der Waals surface area (Å²) in [6, 6.07) is 10.2. The van der Waals surface area contributed by atoms with E-state index in [1.807, 2.05) is 11.0 Å². The number of benzene rings is 1. The van der Waals surface area contributed by atoms with Crippen LogP contribution in [0.15, 0.2) is 41.8 Å². The molecular formula is C27H35N7O3. The van der Waals surface area contributed by atoms with Crippen molar-refractivity contribution in [2.24, 2.45) is 11.1 Å². The molecule has 1 unspecified atom stereocenters. The van der Waals surface area contributed by atoms with Gasteiger partial charge in [0.15, 0.2) is 0 Å². The molecule has 1 aromatic heterocycles. The van der Waals surface area contributed by atoms with Crippen LogP contribution in [-0.2, 0) is 17.8 Å². The van der Waals surface area contributed by atoms with Gasteiger partial charge in [-0.3, -0.25) is 14.5 Å². The maximum atomic E-state index is 12.9. The van der Waals surface area contributed by atoms with E-state index in [1.165, 1.54) is 17.5 Å². The molecule has 1 aromatic carbocycles. The van der Waals surface area contributed by atoms with Crippen molar-refractivity contribution < 1.29 is 9.59 Å². The molecule has 37 heavy (non-hydrogen) atoms. The van der Waals surface area contributed by atoms with Gasteiger partial charge in [0.2, 0.25) is 5.91 Å². The number of nitrogens with zero attached hydrogens (tertiary/aromatic N) is 5. The number of rotatable bonds is 9. The average molecular weight is 506 g/mol. The van der Waals surface area contributed by atoms with Crippen LogP contribution in [0.25, 0.3) is 0 Å². The first-order chi connectivity index (χ1) is 17.9. The van der Waals surface area contributed by atoms with E-state index in [0.717, 1.165) is 58.3 Å². The Labute approximate surface area is 217 Å². The lowest BCUT2D eigenvalue weighted by Gasteiger charge is -2.34. The summed E-state index contributed by atoms with van der Waals surface area (Å²) in [7, 11) is 0. The Morgan fingerprint density at radius 3 is 2.57 bits per heavy atom. The quantitative estimate of drug-likeness (QED) is 0.503. The fourth-order valence-electron chi connectivity index (χ4n) is 5.25. The number of piperidine rings is 1. The van der Waals surface area contributed by atoms with Crippen molar-refractivity contribution in [2.45, 2.75) is 57.2 Å². The van der Waals surface area contributed by atoms with Crippen LogP contribution in [-0.4, -0.2) is 75.9 Å². The van der Waals surface area contributed by atoms with Crippen molar-refractivity contribution in [2.75, 3.05) is 38.0 Å². The van der Waals surface area contributed by atoms with E-state index >= 15 is 0 Å². The number of anilines is 1. The zero-order valence-corrected chi connectivity index (χ0v) is 21.4. The highest BCUT2D eigenvalue weighted by Crippen LogP contribution is 2.32. The van der Waals surface area contributed by atoms with Crippen LogP contribution in [0.2, 0.25) is 0 Å². The van der Waals surface area contributed by atoms with Crippen molar-refractivity contribution in [1.82, 2.24) is 25.1 Å². The zero-order valence-electron chi connectivity index (χ0n) is 21.4. The lowest BCUT2D eigenvalue weighted by molar-refractivity contribution is -0.133. The van der Waals surface area contributed by atoms with Crippen molar-refractivity contribution in [3.63, 3.8) is 0 Å². The van der Waals surface area contributed by atoms with E-state index in [0.29, 0.717) is 18.3 Å². The van der Waals surface area contributed by atoms with Gasteiger partial charge in [-0.25, -0.2) is 9.97 Å². The molecule has 196 valence electrons. The molecule has 1 atom stereocenters. The smallest absolute Gasteiger partial charge is 0.270 e. The maximum Gasteiger partial charge on any atom is 0.270 e. The second-order valence-electron chi connectivity index (χ2n) is 10.8. The van der Waals surface area contributed by atoms with E-state index in [4.69, 9.17) is 0 Å². The summed E-state index contributed by atoms with van der Waals surface area (Å²) in [4.78, 5) is 49.5. The standard InChI is InChI=1S/C27H35N7O3/c1-27(32-37,17-33-11-8-19-4-2-3-5-21(19)15-33)16-28-25(35)23-14-24(30-18-29-23)31-22-9-12-34(13-10-22)26(36)20-6-7-20/h2-5,14,18,20,22H,6-13,15-17H2,1H3,(H,28,35)(H,29,30,31). The Morgan fingerprint density at radius 2 is 1.84 bits per heavy atom. The zero-order chi connectivity index (χ0) is 25.8. The predicted octanol–water partition coefficient (Wildman–Crippen LogP) is 2.60. The van der Waals surface area contributed by atoms with Gasteiger partial charge in [-0.15, -0.1) is 0 Å². The maximum absolute atomic E-state index is 12.9. The summed E-state index contributed by atoms with van der Waals surface area (Å²) >= 11 is 0. The SMILES string of the molecule is CC(CNC(=O)c1cc(NC2CCN(C(=O)C3CC3)CC2)ncn1)(CN1CCc2ccccc2C1)N=O. The minimum absolute atomic E-state index is 0.119. The van der Waals surface area contributed by atoms with Crippen LogP contribution >= 0.6 is 0 Å². The number of hydrogen-bond acceptors (Lipinski definition) is 8. The fourth-order valence-corrected chi connectivity index (χ4v) is 5.25. The summed E-state index contributed by atoms with van der Waals surface area (Å²) in [5.41, 5.74) is 1.89. The predicted molar refractivity (Wildman–Crippen MR) is 140 cm³/mol. The second kappa shape index (κ2) is 10.9. The molecule has 1 saturated carbocycles. The second-order valence-corrected chi connectivity index (χ2v) is 10.8. The van der Waals surface area contributed by atoms with Crippen LogP contribution in [0.1, 0.15) is 54.2 Å². The minimum atomic E-state index is -0.956. The Kier molecular flexibility index (Phi) is 7.45. The Hall–Kier alpha value is -3.40. The summed E-state index contributed by atoms with van der Waals surface area (Å²) in [6.07, 6.45) is 6.04. The molecule has 3 aliphatic rings. The average Bonchev–Trinajstić information content (AvgIpc) is 3.78. The van der Waals surface area contributed by atoms with Gasteiger partial charge in [-0.05, 0) is 50.2 Å². The van der Waals surface area contributed by atoms with E-state index < -0.39 is 5.54 Å². The number of fused-ring (bicyclic) bond motifs is 1. The molecule has 0 bridgehead atoms. The number of carbonyl (C=O) groups excluding carboxylic acids is 2. The van der Waals surface area contributed by atoms with E-state index in [2.05, 4.69) is 48.9 Å². The van der Waals surface area contributed by atoms with Gasteiger partial charge in [0.25, 0.3) is 5.91 Å². The van der Waals surface area contributed by atoms with Gasteiger partial charge in [-0.2, -0.15) is 4.91 Å². The number of hydrogen-bond donors (Lipinski definition) is 2. The van der Waals surface area contributed by atoms with Crippen LogP contribution in [0.3, 0.4) is 0 Å². The lowest BCUT2D eigenvalue weighted by Crippen LogP contribution is -2.48. The van der Waals surface area contributed by atoms with E-state index in [9.17, 15) is 14.5 Å². The Bertz CT molecular complexity index is 1150. The third-order valence-electron chi connectivity index (χ3n) is 7.61. The molecule has 0 spiro atoms. The normalized spacial score (nSPS) is 20.0. The Balaban J connectivity index is 1.12. The molecule has 1 saturated heterocycles. The fraction of sp³-hybridized carbons (Fsp3) is 0.556. The van der Waals surface area contributed by atoms with Crippen LogP contribution < -0.4 is 10.6 Å². The summed E-state index contributed by atoms with van der Waals surface area (Å²) in [5, 5.41) is 9.61. The molecule has 0 radical (unpaired) electrons. The Morgan fingerprint density at radius 1 is 1.08 bits per heavy atom. The number of likely N-dealkylation sites (tertiary alicyclic amines) is 1. The largest absolute Gasteiger partial charge is 0.367 e. The molecule has 2 N–H and O–H groups in total. The molecule has 2 amide bonds. The number of amides is 2. The van der Waals surface area contributed by atoms with Crippen molar-refractivity contribution in [1.29, 1.82) is 0 Å². The molecule has 2 aromatic rings. The van der Waals surface area contributed by atoms with Crippen LogP contribution in [0.4, 0.5) is 5.82 Å².